The van der Waals surface area contributed by atoms with Gasteiger partial charge in [0.05, 0.1) is 17.2 Å². The predicted octanol–water partition coefficient (Wildman–Crippen LogP) is 2.68. The van der Waals surface area contributed by atoms with Crippen molar-refractivity contribution in [2.75, 3.05) is 13.2 Å². The molecule has 1 unspecified atom stereocenters. The van der Waals surface area contributed by atoms with Gasteiger partial charge in [-0.25, -0.2) is 4.79 Å². The number of nitrogens with zero attached hydrogens (tertiary/aromatic N) is 1. The lowest BCUT2D eigenvalue weighted by Gasteiger charge is -2.31. The summed E-state index contributed by atoms with van der Waals surface area (Å²) in [6.45, 7) is 1.36. The molecule has 2 N–H and O–H groups in total. The number of hydrogen-bond acceptors (Lipinski definition) is 4. The van der Waals surface area contributed by atoms with Crippen LogP contribution in [0.5, 0.6) is 0 Å². The van der Waals surface area contributed by atoms with Crippen LogP contribution >= 0.6 is 0 Å². The standard InChI is InChI=1S/C19H20N2O4/c22-18(15-10-16(19(23)24)12-20-11-15)21-17(13-4-2-1-3-5-13)14-6-8-25-9-7-14/h1-5,10-12,14,17H,6-9H2,(H,21,22)(H,23,24). The van der Waals surface area contributed by atoms with Gasteiger partial charge in [-0.3, -0.25) is 9.78 Å². The largest absolute Gasteiger partial charge is 0.478 e. The van der Waals surface area contributed by atoms with Crippen LogP contribution < -0.4 is 5.32 Å². The lowest BCUT2D eigenvalue weighted by molar-refractivity contribution is 0.0514. The highest BCUT2D eigenvalue weighted by molar-refractivity contribution is 5.97. The fourth-order valence-electron chi connectivity index (χ4n) is 3.09. The molecular weight excluding hydrogens is 320 g/mol. The Hall–Kier alpha value is -2.73. The molecule has 25 heavy (non-hydrogen) atoms. The third-order valence-corrected chi connectivity index (χ3v) is 4.43. The summed E-state index contributed by atoms with van der Waals surface area (Å²) in [5.41, 5.74) is 1.27. The Morgan fingerprint density at radius 1 is 1.12 bits per heavy atom. The van der Waals surface area contributed by atoms with E-state index in [9.17, 15) is 9.59 Å². The number of nitrogens with one attached hydrogen (secondary N) is 1. The Morgan fingerprint density at radius 3 is 2.48 bits per heavy atom. The van der Waals surface area contributed by atoms with Crippen molar-refractivity contribution in [3.63, 3.8) is 0 Å². The molecule has 1 aromatic carbocycles. The van der Waals surface area contributed by atoms with Gasteiger partial charge in [0.25, 0.3) is 5.91 Å². The summed E-state index contributed by atoms with van der Waals surface area (Å²) in [5, 5.41) is 12.1. The molecule has 1 aliphatic rings. The smallest absolute Gasteiger partial charge is 0.337 e. The first-order valence-electron chi connectivity index (χ1n) is 8.27. The van der Waals surface area contributed by atoms with E-state index in [0.717, 1.165) is 18.4 Å². The number of amides is 1. The van der Waals surface area contributed by atoms with E-state index in [-0.39, 0.29) is 29.0 Å². The fourth-order valence-corrected chi connectivity index (χ4v) is 3.09. The number of carboxylic acid groups (broad SMARTS) is 1. The third-order valence-electron chi connectivity index (χ3n) is 4.43. The molecule has 0 bridgehead atoms. The Kier molecular flexibility index (Phi) is 5.40. The van der Waals surface area contributed by atoms with E-state index in [1.807, 2.05) is 30.3 Å². The quantitative estimate of drug-likeness (QED) is 0.873. The van der Waals surface area contributed by atoms with E-state index in [4.69, 9.17) is 9.84 Å². The number of carboxylic acids is 1. The van der Waals surface area contributed by atoms with E-state index in [1.54, 1.807) is 0 Å². The Labute approximate surface area is 145 Å². The topological polar surface area (TPSA) is 88.5 Å². The number of carbonyl (C=O) groups excluding carboxylic acids is 1. The molecule has 1 amide bonds. The minimum atomic E-state index is -1.11. The van der Waals surface area contributed by atoms with Gasteiger partial charge in [0.1, 0.15) is 0 Å². The van der Waals surface area contributed by atoms with Crippen LogP contribution in [0.2, 0.25) is 0 Å². The summed E-state index contributed by atoms with van der Waals surface area (Å²) in [6, 6.07) is 11.0. The lowest BCUT2D eigenvalue weighted by atomic mass is 9.87. The number of aromatic carboxylic acids is 1. The van der Waals surface area contributed by atoms with E-state index in [2.05, 4.69) is 10.3 Å². The van der Waals surface area contributed by atoms with Crippen LogP contribution in [0.25, 0.3) is 0 Å². The maximum absolute atomic E-state index is 12.7. The molecular formula is C19H20N2O4. The number of aromatic nitrogens is 1. The number of hydrogen-bond donors (Lipinski definition) is 2. The molecule has 6 heteroatoms. The molecule has 0 aliphatic carbocycles. The molecule has 0 spiro atoms. The second-order valence-electron chi connectivity index (χ2n) is 6.08. The summed E-state index contributed by atoms with van der Waals surface area (Å²) in [5.74, 6) is -1.15. The number of carbonyl (C=O) groups is 2. The van der Waals surface area contributed by atoms with Crippen molar-refractivity contribution < 1.29 is 19.4 Å². The monoisotopic (exact) mass is 340 g/mol. The van der Waals surface area contributed by atoms with Crippen LogP contribution in [0.1, 0.15) is 45.2 Å². The first-order valence-corrected chi connectivity index (χ1v) is 8.27. The first kappa shape index (κ1) is 17.1. The van der Waals surface area contributed by atoms with Crippen molar-refractivity contribution in [1.82, 2.24) is 10.3 Å². The average molecular weight is 340 g/mol. The van der Waals surface area contributed by atoms with Crippen LogP contribution in [-0.4, -0.2) is 35.2 Å². The molecule has 0 radical (unpaired) electrons. The number of benzene rings is 1. The van der Waals surface area contributed by atoms with E-state index < -0.39 is 5.97 Å². The number of ether oxygens (including phenoxy) is 1. The summed E-state index contributed by atoms with van der Waals surface area (Å²) >= 11 is 0. The summed E-state index contributed by atoms with van der Waals surface area (Å²) < 4.78 is 5.43. The van der Waals surface area contributed by atoms with Crippen LogP contribution in [0.3, 0.4) is 0 Å². The zero-order chi connectivity index (χ0) is 17.6. The second-order valence-corrected chi connectivity index (χ2v) is 6.08. The second kappa shape index (κ2) is 7.90. The number of rotatable bonds is 5. The van der Waals surface area contributed by atoms with Crippen molar-refractivity contribution in [3.05, 3.63) is 65.5 Å². The van der Waals surface area contributed by atoms with Gasteiger partial charge < -0.3 is 15.2 Å². The van der Waals surface area contributed by atoms with Crippen LogP contribution in [0.4, 0.5) is 0 Å². The molecule has 3 rings (SSSR count). The van der Waals surface area contributed by atoms with E-state index in [0.29, 0.717) is 13.2 Å². The van der Waals surface area contributed by atoms with Gasteiger partial charge >= 0.3 is 5.97 Å². The molecule has 2 heterocycles. The molecule has 6 nitrogen and oxygen atoms in total. The molecule has 0 saturated carbocycles. The highest BCUT2D eigenvalue weighted by Crippen LogP contribution is 2.30. The van der Waals surface area contributed by atoms with Gasteiger partial charge in [-0.05, 0) is 30.4 Å². The van der Waals surface area contributed by atoms with Gasteiger partial charge in [0.2, 0.25) is 0 Å². The van der Waals surface area contributed by atoms with Crippen molar-refractivity contribution in [1.29, 1.82) is 0 Å². The maximum Gasteiger partial charge on any atom is 0.337 e. The molecule has 1 aromatic heterocycles. The minimum absolute atomic E-state index is 0.00465. The SMILES string of the molecule is O=C(O)c1cncc(C(=O)NC(c2ccccc2)C2CCOCC2)c1. The van der Waals surface area contributed by atoms with Crippen LogP contribution in [0.15, 0.2) is 48.8 Å². The minimum Gasteiger partial charge on any atom is -0.478 e. The van der Waals surface area contributed by atoms with Crippen LogP contribution in [-0.2, 0) is 4.74 Å². The van der Waals surface area contributed by atoms with Gasteiger partial charge in [-0.2, -0.15) is 0 Å². The van der Waals surface area contributed by atoms with Crippen molar-refractivity contribution >= 4 is 11.9 Å². The highest BCUT2D eigenvalue weighted by Gasteiger charge is 2.27. The third kappa shape index (κ3) is 4.22. The van der Waals surface area contributed by atoms with Gasteiger partial charge in [-0.15, -0.1) is 0 Å². The Bertz CT molecular complexity index is 742. The van der Waals surface area contributed by atoms with E-state index >= 15 is 0 Å². The Balaban J connectivity index is 1.83. The molecule has 1 saturated heterocycles. The normalized spacial score (nSPS) is 16.2. The molecule has 130 valence electrons. The zero-order valence-corrected chi connectivity index (χ0v) is 13.7. The Morgan fingerprint density at radius 2 is 1.80 bits per heavy atom. The lowest BCUT2D eigenvalue weighted by Crippen LogP contribution is -2.36. The highest BCUT2D eigenvalue weighted by atomic mass is 16.5. The van der Waals surface area contributed by atoms with Gasteiger partial charge in [0, 0.05) is 25.6 Å². The average Bonchev–Trinajstić information content (AvgIpc) is 2.67. The fraction of sp³-hybridized carbons (Fsp3) is 0.316. The van der Waals surface area contributed by atoms with Gasteiger partial charge in [-0.1, -0.05) is 30.3 Å². The maximum atomic E-state index is 12.7. The molecule has 2 aromatic rings. The summed E-state index contributed by atoms with van der Waals surface area (Å²) in [6.07, 6.45) is 4.35. The van der Waals surface area contributed by atoms with Gasteiger partial charge in [0.15, 0.2) is 0 Å². The van der Waals surface area contributed by atoms with E-state index in [1.165, 1.54) is 18.5 Å². The van der Waals surface area contributed by atoms with Crippen molar-refractivity contribution in [3.8, 4) is 0 Å². The van der Waals surface area contributed by atoms with Crippen LogP contribution in [0, 0.1) is 5.92 Å². The van der Waals surface area contributed by atoms with Crippen molar-refractivity contribution in [2.45, 2.75) is 18.9 Å². The van der Waals surface area contributed by atoms with Crippen molar-refractivity contribution in [2.24, 2.45) is 5.92 Å². The summed E-state index contributed by atoms with van der Waals surface area (Å²) in [7, 11) is 0. The molecule has 1 aliphatic heterocycles. The first-order chi connectivity index (χ1) is 12.1. The predicted molar refractivity (Wildman–Crippen MR) is 91.4 cm³/mol. The zero-order valence-electron chi connectivity index (χ0n) is 13.7. The molecule has 1 atom stereocenters. The molecule has 1 fully saturated rings. The number of pyridine rings is 1. The summed E-state index contributed by atoms with van der Waals surface area (Å²) in [4.78, 5) is 27.6.